The monoisotopic (exact) mass is 186 g/mol. The van der Waals surface area contributed by atoms with Crippen LogP contribution in [0.25, 0.3) is 0 Å². The fourth-order valence-corrected chi connectivity index (χ4v) is 2.45. The predicted octanol–water partition coefficient (Wildman–Crippen LogP) is 0.720. The van der Waals surface area contributed by atoms with Crippen LogP contribution in [0, 0.1) is 5.92 Å². The Kier molecular flexibility index (Phi) is 2.28. The highest BCUT2D eigenvalue weighted by Gasteiger charge is 2.34. The molecule has 12 heavy (non-hydrogen) atoms. The topological polar surface area (TPSA) is 32.3 Å². The number of nitrogens with zero attached hydrogens (tertiary/aromatic N) is 1. The van der Waals surface area contributed by atoms with E-state index in [1.165, 1.54) is 25.9 Å². The molecule has 1 unspecified atom stereocenters. The van der Waals surface area contributed by atoms with Gasteiger partial charge in [-0.2, -0.15) is 0 Å². The smallest absolute Gasteiger partial charge is 0.276 e. The highest BCUT2D eigenvalue weighted by Crippen LogP contribution is 2.27. The zero-order chi connectivity index (χ0) is 8.55. The molecule has 0 radical (unpaired) electrons. The van der Waals surface area contributed by atoms with Crippen LogP contribution in [-0.4, -0.2) is 35.8 Å². The van der Waals surface area contributed by atoms with Crippen LogP contribution in [-0.2, 0) is 0 Å². The first-order chi connectivity index (χ1) is 5.75. The maximum Gasteiger partial charge on any atom is 0.276 e. The Morgan fingerprint density at radius 2 is 2.08 bits per heavy atom. The summed E-state index contributed by atoms with van der Waals surface area (Å²) >= 11 is 3.73. The van der Waals surface area contributed by atoms with Crippen LogP contribution in [0.15, 0.2) is 0 Å². The second-order valence-corrected chi connectivity index (χ2v) is 4.10. The lowest BCUT2D eigenvalue weighted by molar-refractivity contribution is 0.0786. The summed E-state index contributed by atoms with van der Waals surface area (Å²) in [5, 5.41) is 2.71. The number of fused-ring (bicyclic) bond motifs is 3. The maximum atomic E-state index is 10.7. The van der Waals surface area contributed by atoms with E-state index in [1.807, 2.05) is 0 Å². The van der Waals surface area contributed by atoms with E-state index in [1.54, 1.807) is 0 Å². The number of carbonyl (C=O) groups excluding carboxylic acids is 1. The average Bonchev–Trinajstić information content (AvgIpc) is 2.05. The van der Waals surface area contributed by atoms with Gasteiger partial charge in [0.25, 0.3) is 5.24 Å². The number of nitrogens with one attached hydrogen (secondary N) is 1. The molecule has 1 amide bonds. The zero-order valence-corrected chi connectivity index (χ0v) is 7.89. The standard InChI is InChI=1S/C8H14N2OS/c11-8(12)9-7-5-10-3-1-6(7)2-4-10/h6-7H,1-5H2,(H2,9,11,12). The molecule has 0 aromatic rings. The minimum absolute atomic E-state index is 0.186. The van der Waals surface area contributed by atoms with Crippen molar-refractivity contribution in [3.63, 3.8) is 0 Å². The third-order valence-corrected chi connectivity index (χ3v) is 3.09. The average molecular weight is 186 g/mol. The van der Waals surface area contributed by atoms with Gasteiger partial charge >= 0.3 is 0 Å². The number of carbonyl (C=O) groups is 1. The maximum absolute atomic E-state index is 10.7. The van der Waals surface area contributed by atoms with Crippen LogP contribution >= 0.6 is 12.6 Å². The second-order valence-electron chi connectivity index (χ2n) is 3.69. The summed E-state index contributed by atoms with van der Waals surface area (Å²) in [6.07, 6.45) is 2.47. The van der Waals surface area contributed by atoms with Crippen molar-refractivity contribution >= 4 is 17.9 Å². The van der Waals surface area contributed by atoms with E-state index in [4.69, 9.17) is 0 Å². The molecule has 2 bridgehead atoms. The Morgan fingerprint density at radius 3 is 2.50 bits per heavy atom. The molecule has 4 heteroatoms. The van der Waals surface area contributed by atoms with E-state index in [-0.39, 0.29) is 5.24 Å². The van der Waals surface area contributed by atoms with Crippen molar-refractivity contribution in [2.75, 3.05) is 19.6 Å². The zero-order valence-electron chi connectivity index (χ0n) is 6.99. The van der Waals surface area contributed by atoms with E-state index in [0.717, 1.165) is 6.54 Å². The molecule has 0 spiro atoms. The lowest BCUT2D eigenvalue weighted by Gasteiger charge is -2.44. The van der Waals surface area contributed by atoms with Gasteiger partial charge in [0, 0.05) is 12.6 Å². The Hall–Kier alpha value is -0.220. The number of amides is 1. The highest BCUT2D eigenvalue weighted by molar-refractivity contribution is 7.96. The lowest BCUT2D eigenvalue weighted by Crippen LogP contribution is -2.56. The number of thiol groups is 1. The van der Waals surface area contributed by atoms with Crippen molar-refractivity contribution in [3.05, 3.63) is 0 Å². The molecule has 0 aromatic carbocycles. The number of hydrogen-bond acceptors (Lipinski definition) is 2. The van der Waals surface area contributed by atoms with E-state index < -0.39 is 0 Å². The van der Waals surface area contributed by atoms with Gasteiger partial charge in [-0.1, -0.05) is 12.6 Å². The molecule has 0 aromatic heterocycles. The summed E-state index contributed by atoms with van der Waals surface area (Å²) in [7, 11) is 0. The van der Waals surface area contributed by atoms with Crippen LogP contribution in [0.2, 0.25) is 0 Å². The first-order valence-electron chi connectivity index (χ1n) is 4.47. The van der Waals surface area contributed by atoms with Gasteiger partial charge in [0.15, 0.2) is 0 Å². The van der Waals surface area contributed by atoms with Crippen LogP contribution in [0.4, 0.5) is 4.79 Å². The van der Waals surface area contributed by atoms with Crippen LogP contribution < -0.4 is 5.32 Å². The summed E-state index contributed by atoms with van der Waals surface area (Å²) in [6, 6.07) is 0.359. The quantitative estimate of drug-likeness (QED) is 0.591. The lowest BCUT2D eigenvalue weighted by atomic mass is 9.84. The minimum Gasteiger partial charge on any atom is -0.343 e. The van der Waals surface area contributed by atoms with Gasteiger partial charge in [-0.05, 0) is 31.8 Å². The third kappa shape index (κ3) is 1.59. The molecule has 3 fully saturated rings. The number of piperidine rings is 3. The van der Waals surface area contributed by atoms with E-state index in [9.17, 15) is 4.79 Å². The molecule has 1 atom stereocenters. The van der Waals surface area contributed by atoms with Gasteiger partial charge in [0.1, 0.15) is 0 Å². The summed E-state index contributed by atoms with van der Waals surface area (Å²) in [4.78, 5) is 13.1. The molecule has 3 rings (SSSR count). The molecule has 0 saturated carbocycles. The van der Waals surface area contributed by atoms with Crippen LogP contribution in [0.3, 0.4) is 0 Å². The molecule has 3 aliphatic rings. The van der Waals surface area contributed by atoms with E-state index in [2.05, 4.69) is 22.8 Å². The summed E-state index contributed by atoms with van der Waals surface area (Å²) < 4.78 is 0. The van der Waals surface area contributed by atoms with Gasteiger partial charge < -0.3 is 10.2 Å². The van der Waals surface area contributed by atoms with Gasteiger partial charge in [-0.3, -0.25) is 4.79 Å². The van der Waals surface area contributed by atoms with Gasteiger partial charge in [-0.25, -0.2) is 0 Å². The van der Waals surface area contributed by atoms with Gasteiger partial charge in [0.2, 0.25) is 0 Å². The van der Waals surface area contributed by atoms with Crippen molar-refractivity contribution in [2.45, 2.75) is 18.9 Å². The molecule has 3 aliphatic heterocycles. The fraction of sp³-hybridized carbons (Fsp3) is 0.875. The molecule has 0 aliphatic carbocycles. The van der Waals surface area contributed by atoms with Crippen molar-refractivity contribution in [2.24, 2.45) is 5.92 Å². The van der Waals surface area contributed by atoms with E-state index >= 15 is 0 Å². The van der Waals surface area contributed by atoms with Crippen molar-refractivity contribution in [1.29, 1.82) is 0 Å². The Morgan fingerprint density at radius 1 is 1.42 bits per heavy atom. The Labute approximate surface area is 77.9 Å². The Bertz CT molecular complexity index is 189. The largest absolute Gasteiger partial charge is 0.343 e. The van der Waals surface area contributed by atoms with Gasteiger partial charge in [0.05, 0.1) is 0 Å². The SMILES string of the molecule is O=C(S)NC1CN2CCC1CC2. The predicted molar refractivity (Wildman–Crippen MR) is 50.5 cm³/mol. The summed E-state index contributed by atoms with van der Waals surface area (Å²) in [5.74, 6) is 0.700. The van der Waals surface area contributed by atoms with E-state index in [0.29, 0.717) is 12.0 Å². The normalized spacial score (nSPS) is 39.6. The summed E-state index contributed by atoms with van der Waals surface area (Å²) in [6.45, 7) is 3.45. The molecule has 3 nitrogen and oxygen atoms in total. The highest BCUT2D eigenvalue weighted by atomic mass is 32.1. The van der Waals surface area contributed by atoms with Gasteiger partial charge in [-0.15, -0.1) is 0 Å². The molecule has 3 heterocycles. The first kappa shape index (κ1) is 8.38. The molecule has 1 N–H and O–H groups in total. The van der Waals surface area contributed by atoms with Crippen LogP contribution in [0.1, 0.15) is 12.8 Å². The number of hydrogen-bond donors (Lipinski definition) is 2. The summed E-state index contributed by atoms with van der Waals surface area (Å²) in [5.41, 5.74) is 0. The third-order valence-electron chi connectivity index (χ3n) is 2.97. The van der Waals surface area contributed by atoms with Crippen molar-refractivity contribution in [1.82, 2.24) is 10.2 Å². The minimum atomic E-state index is -0.186. The molecular weight excluding hydrogens is 172 g/mol. The molecule has 3 saturated heterocycles. The fourth-order valence-electron chi connectivity index (χ4n) is 2.29. The van der Waals surface area contributed by atoms with Crippen LogP contribution in [0.5, 0.6) is 0 Å². The second kappa shape index (κ2) is 3.26. The molecule has 68 valence electrons. The first-order valence-corrected chi connectivity index (χ1v) is 4.92. The van der Waals surface area contributed by atoms with Crippen molar-refractivity contribution < 1.29 is 4.79 Å². The Balaban J connectivity index is 1.95. The molecular formula is C8H14N2OS. The van der Waals surface area contributed by atoms with Crippen molar-refractivity contribution in [3.8, 4) is 0 Å². The number of rotatable bonds is 1.